The summed E-state index contributed by atoms with van der Waals surface area (Å²) in [5.41, 5.74) is 5.82. The number of alkyl halides is 2. The molecule has 0 aromatic carbocycles. The Morgan fingerprint density at radius 2 is 2.17 bits per heavy atom. The number of pyridine rings is 1. The summed E-state index contributed by atoms with van der Waals surface area (Å²) in [5.74, 6) is -3.42. The number of rotatable bonds is 7. The molecule has 0 unspecified atom stereocenters. The van der Waals surface area contributed by atoms with E-state index in [-0.39, 0.29) is 19.6 Å². The molecular weight excluding hydrogens is 264 g/mol. The van der Waals surface area contributed by atoms with Gasteiger partial charge in [0.2, 0.25) is 0 Å². The van der Waals surface area contributed by atoms with E-state index in [0.29, 0.717) is 12.0 Å². The third kappa shape index (κ3) is 3.97. The second-order valence-electron chi connectivity index (χ2n) is 3.64. The van der Waals surface area contributed by atoms with Crippen LogP contribution in [0.4, 0.5) is 8.78 Å². The summed E-state index contributed by atoms with van der Waals surface area (Å²) in [6.07, 6.45) is 3.29. The predicted octanol–water partition coefficient (Wildman–Crippen LogP) is 0.785. The zero-order chi connectivity index (χ0) is 13.6. The number of hydrogen-bond donors (Lipinski definition) is 1. The van der Waals surface area contributed by atoms with E-state index >= 15 is 0 Å². The molecule has 18 heavy (non-hydrogen) atoms. The average Bonchev–Trinajstić information content (AvgIpc) is 2.35. The third-order valence-electron chi connectivity index (χ3n) is 2.28. The molecule has 0 aliphatic carbocycles. The monoisotopic (exact) mass is 279 g/mol. The predicted molar refractivity (Wildman–Crippen MR) is 63.2 cm³/mol. The van der Waals surface area contributed by atoms with Crippen molar-refractivity contribution in [1.29, 1.82) is 0 Å². The van der Waals surface area contributed by atoms with Gasteiger partial charge < -0.3 is 5.73 Å². The molecule has 8 heteroatoms. The molecule has 0 amide bonds. The van der Waals surface area contributed by atoms with Crippen molar-refractivity contribution in [1.82, 2.24) is 9.29 Å². The summed E-state index contributed by atoms with van der Waals surface area (Å²) in [5, 5.41) is 0. The summed E-state index contributed by atoms with van der Waals surface area (Å²) in [6.45, 7) is 0.0842. The van der Waals surface area contributed by atoms with Crippen LogP contribution >= 0.6 is 0 Å². The van der Waals surface area contributed by atoms with Gasteiger partial charge in [0.1, 0.15) is 0 Å². The topological polar surface area (TPSA) is 76.3 Å². The molecule has 0 radical (unpaired) electrons. The van der Waals surface area contributed by atoms with Crippen molar-refractivity contribution in [3.05, 3.63) is 30.1 Å². The Kier molecular flexibility index (Phi) is 5.57. The zero-order valence-electron chi connectivity index (χ0n) is 9.67. The van der Waals surface area contributed by atoms with Gasteiger partial charge in [0.15, 0.2) is 0 Å². The van der Waals surface area contributed by atoms with Crippen molar-refractivity contribution in [2.75, 3.05) is 13.1 Å². The van der Waals surface area contributed by atoms with E-state index in [9.17, 15) is 17.2 Å². The molecule has 102 valence electrons. The SMILES string of the molecule is NCCCN(Cc1cccnc1)S(=O)(=O)C(F)F. The van der Waals surface area contributed by atoms with Crippen LogP contribution in [0.2, 0.25) is 0 Å². The molecule has 1 heterocycles. The van der Waals surface area contributed by atoms with Crippen molar-refractivity contribution >= 4 is 10.0 Å². The maximum Gasteiger partial charge on any atom is 0.350 e. The van der Waals surface area contributed by atoms with E-state index in [0.717, 1.165) is 4.31 Å². The normalized spacial score (nSPS) is 12.3. The summed E-state index contributed by atoms with van der Waals surface area (Å²) in [7, 11) is -4.59. The summed E-state index contributed by atoms with van der Waals surface area (Å²) in [4.78, 5) is 3.81. The number of nitrogens with zero attached hydrogens (tertiary/aromatic N) is 2. The standard InChI is InChI=1S/C10H15F2N3O2S/c11-10(12)18(16,17)15(6-2-4-13)8-9-3-1-5-14-7-9/h1,3,5,7,10H,2,4,6,8,13H2. The Bertz CT molecular complexity index is 453. The van der Waals surface area contributed by atoms with Gasteiger partial charge >= 0.3 is 5.76 Å². The van der Waals surface area contributed by atoms with Gasteiger partial charge in [-0.1, -0.05) is 6.07 Å². The lowest BCUT2D eigenvalue weighted by Gasteiger charge is -2.21. The molecule has 5 nitrogen and oxygen atoms in total. The van der Waals surface area contributed by atoms with Gasteiger partial charge in [-0.25, -0.2) is 8.42 Å². The molecular formula is C10H15F2N3O2S. The lowest BCUT2D eigenvalue weighted by molar-refractivity contribution is 0.217. The third-order valence-corrected chi connectivity index (χ3v) is 3.76. The van der Waals surface area contributed by atoms with Gasteiger partial charge in [-0.3, -0.25) is 4.98 Å². The Labute approximate surface area is 105 Å². The van der Waals surface area contributed by atoms with Crippen molar-refractivity contribution in [2.24, 2.45) is 5.73 Å². The lowest BCUT2D eigenvalue weighted by atomic mass is 10.3. The summed E-state index contributed by atoms with van der Waals surface area (Å²) >= 11 is 0. The fourth-order valence-electron chi connectivity index (χ4n) is 1.37. The van der Waals surface area contributed by atoms with Crippen molar-refractivity contribution in [3.63, 3.8) is 0 Å². The lowest BCUT2D eigenvalue weighted by Crippen LogP contribution is -2.36. The fraction of sp³-hybridized carbons (Fsp3) is 0.500. The Morgan fingerprint density at radius 1 is 1.44 bits per heavy atom. The van der Waals surface area contributed by atoms with Gasteiger partial charge in [0.25, 0.3) is 10.0 Å². The first-order valence-electron chi connectivity index (χ1n) is 5.34. The number of nitrogens with two attached hydrogens (primary N) is 1. The maximum atomic E-state index is 12.5. The largest absolute Gasteiger partial charge is 0.350 e. The second kappa shape index (κ2) is 6.72. The first kappa shape index (κ1) is 14.9. The van der Waals surface area contributed by atoms with Crippen LogP contribution in [-0.4, -0.2) is 36.6 Å². The number of aromatic nitrogens is 1. The molecule has 0 saturated carbocycles. The number of sulfonamides is 1. The van der Waals surface area contributed by atoms with Crippen LogP contribution < -0.4 is 5.73 Å². The highest BCUT2D eigenvalue weighted by Crippen LogP contribution is 2.15. The van der Waals surface area contributed by atoms with E-state index in [2.05, 4.69) is 4.98 Å². The molecule has 0 fully saturated rings. The minimum atomic E-state index is -4.59. The number of halogens is 2. The zero-order valence-corrected chi connectivity index (χ0v) is 10.5. The average molecular weight is 279 g/mol. The van der Waals surface area contributed by atoms with Crippen LogP contribution in [-0.2, 0) is 16.6 Å². The molecule has 0 saturated heterocycles. The highest BCUT2D eigenvalue weighted by molar-refractivity contribution is 7.89. The molecule has 0 atom stereocenters. The molecule has 0 bridgehead atoms. The molecule has 0 spiro atoms. The van der Waals surface area contributed by atoms with Crippen molar-refractivity contribution < 1.29 is 17.2 Å². The van der Waals surface area contributed by atoms with Crippen LogP contribution in [0.3, 0.4) is 0 Å². The van der Waals surface area contributed by atoms with Gasteiger partial charge in [0.05, 0.1) is 0 Å². The molecule has 0 aliphatic heterocycles. The Hall–Kier alpha value is -1.12. The van der Waals surface area contributed by atoms with Gasteiger partial charge in [-0.15, -0.1) is 0 Å². The van der Waals surface area contributed by atoms with Crippen molar-refractivity contribution in [2.45, 2.75) is 18.7 Å². The van der Waals surface area contributed by atoms with Crippen LogP contribution in [0, 0.1) is 0 Å². The highest BCUT2D eigenvalue weighted by Gasteiger charge is 2.31. The smallest absolute Gasteiger partial charge is 0.330 e. The Balaban J connectivity index is 2.86. The Morgan fingerprint density at radius 3 is 2.67 bits per heavy atom. The minimum absolute atomic E-state index is 0.0297. The molecule has 1 aromatic rings. The van der Waals surface area contributed by atoms with E-state index in [1.807, 2.05) is 0 Å². The van der Waals surface area contributed by atoms with Gasteiger partial charge in [-0.2, -0.15) is 13.1 Å². The van der Waals surface area contributed by atoms with Crippen LogP contribution in [0.5, 0.6) is 0 Å². The van der Waals surface area contributed by atoms with Gasteiger partial charge in [0, 0.05) is 25.5 Å². The quantitative estimate of drug-likeness (QED) is 0.800. The number of hydrogen-bond acceptors (Lipinski definition) is 4. The minimum Gasteiger partial charge on any atom is -0.330 e. The van der Waals surface area contributed by atoms with E-state index in [1.165, 1.54) is 12.4 Å². The fourth-order valence-corrected chi connectivity index (χ4v) is 2.31. The van der Waals surface area contributed by atoms with E-state index in [1.54, 1.807) is 12.1 Å². The maximum absolute atomic E-state index is 12.5. The highest BCUT2D eigenvalue weighted by atomic mass is 32.2. The molecule has 0 aliphatic rings. The summed E-state index contributed by atoms with van der Waals surface area (Å²) < 4.78 is 48.7. The first-order chi connectivity index (χ1) is 8.48. The van der Waals surface area contributed by atoms with E-state index < -0.39 is 15.8 Å². The van der Waals surface area contributed by atoms with Crippen LogP contribution in [0.15, 0.2) is 24.5 Å². The first-order valence-corrected chi connectivity index (χ1v) is 6.85. The van der Waals surface area contributed by atoms with E-state index in [4.69, 9.17) is 5.73 Å². The molecule has 1 rings (SSSR count). The molecule has 1 aromatic heterocycles. The summed E-state index contributed by atoms with van der Waals surface area (Å²) in [6, 6.07) is 3.24. The molecule has 2 N–H and O–H groups in total. The van der Waals surface area contributed by atoms with Crippen LogP contribution in [0.25, 0.3) is 0 Å². The van der Waals surface area contributed by atoms with Crippen LogP contribution in [0.1, 0.15) is 12.0 Å². The van der Waals surface area contributed by atoms with Crippen molar-refractivity contribution in [3.8, 4) is 0 Å². The second-order valence-corrected chi connectivity index (χ2v) is 5.55. The van der Waals surface area contributed by atoms with Gasteiger partial charge in [-0.05, 0) is 24.6 Å².